The molecule has 4 rings (SSSR count). The number of rotatable bonds is 6. The van der Waals surface area contributed by atoms with E-state index in [1.54, 1.807) is 18.7 Å². The Morgan fingerprint density at radius 1 is 0.882 bits per heavy atom. The zero-order valence-electron chi connectivity index (χ0n) is 19.4. The number of fused-ring (bicyclic) bond motifs is 1. The van der Waals surface area contributed by atoms with Gasteiger partial charge in [-0.2, -0.15) is 0 Å². The van der Waals surface area contributed by atoms with Crippen molar-refractivity contribution in [2.75, 3.05) is 26.2 Å². The van der Waals surface area contributed by atoms with Gasteiger partial charge < -0.3 is 10.2 Å². The standard InChI is InChI=1S/C27H29F2N3O2/c1-18(2)25(30-26(33)24-22(28)11-6-12-23(24)29)27(34)32-15-13-31(14-16-32)17-20-9-5-8-19-7-3-4-10-21(19)20/h3-12,18,25H,13-17H2,1-2H3,(H,30,33)/t25-/m0/s1. The molecule has 2 amide bonds. The quantitative estimate of drug-likeness (QED) is 0.593. The molecule has 3 aromatic carbocycles. The molecule has 5 nitrogen and oxygen atoms in total. The number of nitrogens with one attached hydrogen (secondary N) is 1. The van der Waals surface area contributed by atoms with E-state index in [4.69, 9.17) is 0 Å². The number of hydrogen-bond acceptors (Lipinski definition) is 3. The number of carbonyl (C=O) groups is 2. The van der Waals surface area contributed by atoms with Crippen molar-refractivity contribution in [1.82, 2.24) is 15.1 Å². The normalized spacial score (nSPS) is 15.5. The Morgan fingerprint density at radius 3 is 2.18 bits per heavy atom. The second-order valence-electron chi connectivity index (χ2n) is 9.03. The van der Waals surface area contributed by atoms with Crippen molar-refractivity contribution in [2.45, 2.75) is 26.4 Å². The van der Waals surface area contributed by atoms with Crippen LogP contribution in [0.1, 0.15) is 29.8 Å². The van der Waals surface area contributed by atoms with E-state index in [1.165, 1.54) is 22.4 Å². The molecular weight excluding hydrogens is 436 g/mol. The van der Waals surface area contributed by atoms with Crippen LogP contribution in [0.4, 0.5) is 8.78 Å². The van der Waals surface area contributed by atoms with E-state index in [0.717, 1.165) is 18.7 Å². The second kappa shape index (κ2) is 10.3. The summed E-state index contributed by atoms with van der Waals surface area (Å²) in [4.78, 5) is 29.8. The Hall–Kier alpha value is -3.32. The van der Waals surface area contributed by atoms with E-state index in [9.17, 15) is 18.4 Å². The van der Waals surface area contributed by atoms with Gasteiger partial charge in [0.05, 0.1) is 0 Å². The molecule has 3 aromatic rings. The molecule has 1 aliphatic heterocycles. The van der Waals surface area contributed by atoms with Crippen LogP contribution < -0.4 is 5.32 Å². The van der Waals surface area contributed by atoms with Crippen LogP contribution in [-0.2, 0) is 11.3 Å². The lowest BCUT2D eigenvalue weighted by Crippen LogP contribution is -2.56. The lowest BCUT2D eigenvalue weighted by atomic mass is 10.0. The molecule has 0 aromatic heterocycles. The highest BCUT2D eigenvalue weighted by atomic mass is 19.1. The van der Waals surface area contributed by atoms with Gasteiger partial charge in [-0.1, -0.05) is 62.4 Å². The van der Waals surface area contributed by atoms with Gasteiger partial charge in [0.15, 0.2) is 0 Å². The fourth-order valence-electron chi connectivity index (χ4n) is 4.44. The predicted octanol–water partition coefficient (Wildman–Crippen LogP) is 4.22. The highest BCUT2D eigenvalue weighted by Crippen LogP contribution is 2.21. The average Bonchev–Trinajstić information content (AvgIpc) is 2.82. The van der Waals surface area contributed by atoms with Gasteiger partial charge in [-0.05, 0) is 34.4 Å². The number of nitrogens with zero attached hydrogens (tertiary/aromatic N) is 2. The van der Waals surface area contributed by atoms with Crippen molar-refractivity contribution >= 4 is 22.6 Å². The molecule has 1 heterocycles. The van der Waals surface area contributed by atoms with Crippen molar-refractivity contribution < 1.29 is 18.4 Å². The third kappa shape index (κ3) is 5.09. The number of amides is 2. The van der Waals surface area contributed by atoms with Crippen LogP contribution in [0.3, 0.4) is 0 Å². The second-order valence-corrected chi connectivity index (χ2v) is 9.03. The number of hydrogen-bond donors (Lipinski definition) is 1. The van der Waals surface area contributed by atoms with E-state index in [-0.39, 0.29) is 11.8 Å². The molecule has 1 fully saturated rings. The monoisotopic (exact) mass is 465 g/mol. The van der Waals surface area contributed by atoms with Crippen LogP contribution in [0.15, 0.2) is 60.7 Å². The lowest BCUT2D eigenvalue weighted by Gasteiger charge is -2.37. The summed E-state index contributed by atoms with van der Waals surface area (Å²) >= 11 is 0. The molecule has 0 bridgehead atoms. The van der Waals surface area contributed by atoms with E-state index in [0.29, 0.717) is 26.2 Å². The van der Waals surface area contributed by atoms with Gasteiger partial charge in [-0.25, -0.2) is 8.78 Å². The molecule has 0 unspecified atom stereocenters. The van der Waals surface area contributed by atoms with E-state index in [2.05, 4.69) is 40.5 Å². The van der Waals surface area contributed by atoms with Crippen molar-refractivity contribution in [1.29, 1.82) is 0 Å². The minimum Gasteiger partial charge on any atom is -0.340 e. The molecule has 178 valence electrons. The Balaban J connectivity index is 1.39. The molecule has 1 N–H and O–H groups in total. The molecule has 7 heteroatoms. The van der Waals surface area contributed by atoms with Gasteiger partial charge in [0.1, 0.15) is 23.2 Å². The molecule has 0 aliphatic carbocycles. The first-order valence-electron chi connectivity index (χ1n) is 11.6. The summed E-state index contributed by atoms with van der Waals surface area (Å²) in [5.41, 5.74) is 0.581. The number of piperazine rings is 1. The molecule has 0 radical (unpaired) electrons. The topological polar surface area (TPSA) is 52.7 Å². The van der Waals surface area contributed by atoms with Crippen molar-refractivity contribution in [2.24, 2.45) is 5.92 Å². The average molecular weight is 466 g/mol. The first-order chi connectivity index (χ1) is 16.3. The van der Waals surface area contributed by atoms with Gasteiger partial charge in [0, 0.05) is 32.7 Å². The summed E-state index contributed by atoms with van der Waals surface area (Å²) < 4.78 is 28.1. The largest absolute Gasteiger partial charge is 0.340 e. The number of carbonyl (C=O) groups excluding carboxylic acids is 2. The zero-order valence-corrected chi connectivity index (χ0v) is 19.4. The maximum Gasteiger partial charge on any atom is 0.257 e. The molecule has 1 saturated heterocycles. The van der Waals surface area contributed by atoms with Gasteiger partial charge in [0.25, 0.3) is 5.91 Å². The SMILES string of the molecule is CC(C)[C@H](NC(=O)c1c(F)cccc1F)C(=O)N1CCN(Cc2cccc3ccccc23)CC1. The predicted molar refractivity (Wildman–Crippen MR) is 128 cm³/mol. The third-order valence-corrected chi connectivity index (χ3v) is 6.37. The summed E-state index contributed by atoms with van der Waals surface area (Å²) in [6, 6.07) is 17.0. The molecule has 0 spiro atoms. The molecular formula is C27H29F2N3O2. The minimum atomic E-state index is -0.950. The molecule has 1 aliphatic rings. The summed E-state index contributed by atoms with van der Waals surface area (Å²) in [5, 5.41) is 4.99. The maximum absolute atomic E-state index is 14.0. The van der Waals surface area contributed by atoms with Crippen LogP contribution >= 0.6 is 0 Å². The van der Waals surface area contributed by atoms with Crippen molar-refractivity contribution in [3.8, 4) is 0 Å². The Kier molecular flexibility index (Phi) is 7.22. The smallest absolute Gasteiger partial charge is 0.257 e. The number of halogens is 2. The number of benzene rings is 3. The highest BCUT2D eigenvalue weighted by molar-refractivity contribution is 5.98. The van der Waals surface area contributed by atoms with Gasteiger partial charge in [0.2, 0.25) is 5.91 Å². The third-order valence-electron chi connectivity index (χ3n) is 6.37. The van der Waals surface area contributed by atoms with Gasteiger partial charge >= 0.3 is 0 Å². The van der Waals surface area contributed by atoms with Crippen molar-refractivity contribution in [3.63, 3.8) is 0 Å². The molecule has 1 atom stereocenters. The maximum atomic E-state index is 14.0. The first kappa shape index (κ1) is 23.8. The Morgan fingerprint density at radius 2 is 1.50 bits per heavy atom. The fraction of sp³-hybridized carbons (Fsp3) is 0.333. The first-order valence-corrected chi connectivity index (χ1v) is 11.6. The van der Waals surface area contributed by atoms with Crippen LogP contribution in [0.25, 0.3) is 10.8 Å². The summed E-state index contributed by atoms with van der Waals surface area (Å²) in [7, 11) is 0. The van der Waals surface area contributed by atoms with Crippen LogP contribution in [0.2, 0.25) is 0 Å². The lowest BCUT2D eigenvalue weighted by molar-refractivity contribution is -0.136. The van der Waals surface area contributed by atoms with Crippen LogP contribution in [0, 0.1) is 17.6 Å². The van der Waals surface area contributed by atoms with Crippen molar-refractivity contribution in [3.05, 3.63) is 83.4 Å². The van der Waals surface area contributed by atoms with E-state index in [1.807, 2.05) is 12.1 Å². The fourth-order valence-corrected chi connectivity index (χ4v) is 4.44. The highest BCUT2D eigenvalue weighted by Gasteiger charge is 2.32. The summed E-state index contributed by atoms with van der Waals surface area (Å²) in [5.74, 6) is -3.29. The Labute approximate surface area is 198 Å². The summed E-state index contributed by atoms with van der Waals surface area (Å²) in [6.45, 7) is 6.85. The summed E-state index contributed by atoms with van der Waals surface area (Å²) in [6.07, 6.45) is 0. The van der Waals surface area contributed by atoms with Gasteiger partial charge in [-0.15, -0.1) is 0 Å². The zero-order chi connectivity index (χ0) is 24.2. The van der Waals surface area contributed by atoms with Crippen LogP contribution in [0.5, 0.6) is 0 Å². The molecule has 34 heavy (non-hydrogen) atoms. The minimum absolute atomic E-state index is 0.232. The molecule has 0 saturated carbocycles. The van der Waals surface area contributed by atoms with E-state index >= 15 is 0 Å². The van der Waals surface area contributed by atoms with Crippen LogP contribution in [-0.4, -0.2) is 53.8 Å². The van der Waals surface area contributed by atoms with Gasteiger partial charge in [-0.3, -0.25) is 14.5 Å². The Bertz CT molecular complexity index is 1160. The van der Waals surface area contributed by atoms with E-state index < -0.39 is 29.1 Å².